The molecule has 3 N–H and O–H groups in total. The summed E-state index contributed by atoms with van der Waals surface area (Å²) < 4.78 is 5.08. The van der Waals surface area contributed by atoms with E-state index < -0.39 is 11.5 Å². The first-order chi connectivity index (χ1) is 8.10. The van der Waals surface area contributed by atoms with Crippen LogP contribution in [-0.2, 0) is 11.2 Å². The first-order valence-corrected chi connectivity index (χ1v) is 5.13. The number of nitrogens with one attached hydrogen (secondary N) is 1. The quantitative estimate of drug-likeness (QED) is 0.768. The largest absolute Gasteiger partial charge is 0.423 e. The molecule has 1 amide bonds. The molecule has 17 heavy (non-hydrogen) atoms. The molecule has 0 radical (unpaired) electrons. The number of hydrogen-bond acceptors (Lipinski definition) is 4. The summed E-state index contributed by atoms with van der Waals surface area (Å²) in [7, 11) is 1.77. The van der Waals surface area contributed by atoms with Gasteiger partial charge >= 0.3 is 5.63 Å². The molecule has 0 bridgehead atoms. The van der Waals surface area contributed by atoms with Crippen LogP contribution in [0.3, 0.4) is 0 Å². The number of carbonyl (C=O) groups is 1. The van der Waals surface area contributed by atoms with E-state index in [0.29, 0.717) is 11.1 Å². The molecular weight excluding hydrogens is 220 g/mol. The highest BCUT2D eigenvalue weighted by Crippen LogP contribution is 2.21. The maximum atomic E-state index is 11.3. The summed E-state index contributed by atoms with van der Waals surface area (Å²) in [5.74, 6) is -0.477. The van der Waals surface area contributed by atoms with E-state index in [1.165, 1.54) is 6.07 Å². The second kappa shape index (κ2) is 4.29. The number of nitrogens with two attached hydrogens (primary N) is 1. The number of hydrogen-bond donors (Lipinski definition) is 2. The minimum Gasteiger partial charge on any atom is -0.423 e. The van der Waals surface area contributed by atoms with E-state index in [9.17, 15) is 9.59 Å². The van der Waals surface area contributed by atoms with Gasteiger partial charge in [0.15, 0.2) is 0 Å². The third-order valence-electron chi connectivity index (χ3n) is 2.48. The molecule has 1 aromatic heterocycles. The van der Waals surface area contributed by atoms with Gasteiger partial charge < -0.3 is 15.5 Å². The van der Waals surface area contributed by atoms with Gasteiger partial charge in [0, 0.05) is 30.3 Å². The molecule has 0 saturated heterocycles. The maximum Gasteiger partial charge on any atom is 0.336 e. The Morgan fingerprint density at radius 3 is 2.82 bits per heavy atom. The van der Waals surface area contributed by atoms with Crippen molar-refractivity contribution in [3.8, 4) is 0 Å². The molecular formula is C12H12N2O3. The molecule has 5 heteroatoms. The van der Waals surface area contributed by atoms with Crippen molar-refractivity contribution in [3.05, 3.63) is 40.2 Å². The van der Waals surface area contributed by atoms with E-state index in [0.717, 1.165) is 11.1 Å². The summed E-state index contributed by atoms with van der Waals surface area (Å²) in [5.41, 5.74) is 6.52. The van der Waals surface area contributed by atoms with E-state index in [-0.39, 0.29) is 6.42 Å². The maximum absolute atomic E-state index is 11.3. The molecule has 5 nitrogen and oxygen atoms in total. The van der Waals surface area contributed by atoms with Gasteiger partial charge in [0.05, 0.1) is 6.42 Å². The Hall–Kier alpha value is -2.30. The average Bonchev–Trinajstić information content (AvgIpc) is 2.27. The molecule has 2 aromatic rings. The van der Waals surface area contributed by atoms with E-state index in [4.69, 9.17) is 10.2 Å². The fourth-order valence-corrected chi connectivity index (χ4v) is 1.72. The molecule has 0 fully saturated rings. The van der Waals surface area contributed by atoms with Crippen molar-refractivity contribution in [2.24, 2.45) is 5.73 Å². The summed E-state index contributed by atoms with van der Waals surface area (Å²) in [6, 6.07) is 6.64. The van der Waals surface area contributed by atoms with E-state index in [2.05, 4.69) is 5.32 Å². The number of amides is 1. The fraction of sp³-hybridized carbons (Fsp3) is 0.167. The normalized spacial score (nSPS) is 10.4. The molecule has 0 aliphatic heterocycles. The van der Waals surface area contributed by atoms with Gasteiger partial charge in [-0.2, -0.15) is 0 Å². The standard InChI is InChI=1S/C12H12N2O3/c1-14-8-2-3-9-7(4-11(13)15)5-12(16)17-10(9)6-8/h2-3,5-6,14H,4H2,1H3,(H2,13,15). The highest BCUT2D eigenvalue weighted by atomic mass is 16.4. The fourth-order valence-electron chi connectivity index (χ4n) is 1.72. The van der Waals surface area contributed by atoms with Crippen LogP contribution in [0.4, 0.5) is 5.69 Å². The lowest BCUT2D eigenvalue weighted by molar-refractivity contribution is -0.117. The Kier molecular flexibility index (Phi) is 2.82. The zero-order valence-corrected chi connectivity index (χ0v) is 9.32. The van der Waals surface area contributed by atoms with Crippen molar-refractivity contribution in [2.45, 2.75) is 6.42 Å². The summed E-state index contributed by atoms with van der Waals surface area (Å²) in [6.07, 6.45) is 0.0288. The van der Waals surface area contributed by atoms with Crippen LogP contribution in [0, 0.1) is 0 Å². The minimum absolute atomic E-state index is 0.0288. The van der Waals surface area contributed by atoms with Crippen molar-refractivity contribution in [2.75, 3.05) is 12.4 Å². The van der Waals surface area contributed by atoms with Crippen molar-refractivity contribution in [1.82, 2.24) is 0 Å². The first-order valence-electron chi connectivity index (χ1n) is 5.13. The third kappa shape index (κ3) is 2.28. The van der Waals surface area contributed by atoms with E-state index in [1.807, 2.05) is 6.07 Å². The molecule has 1 aromatic carbocycles. The Bertz CT molecular complexity index is 631. The average molecular weight is 232 g/mol. The van der Waals surface area contributed by atoms with Gasteiger partial charge in [-0.3, -0.25) is 4.79 Å². The van der Waals surface area contributed by atoms with Gasteiger partial charge in [-0.05, 0) is 17.7 Å². The lowest BCUT2D eigenvalue weighted by Crippen LogP contribution is -2.15. The molecule has 1 heterocycles. The topological polar surface area (TPSA) is 85.3 Å². The lowest BCUT2D eigenvalue weighted by Gasteiger charge is -2.05. The molecule has 0 unspecified atom stereocenters. The van der Waals surface area contributed by atoms with E-state index >= 15 is 0 Å². The smallest absolute Gasteiger partial charge is 0.336 e. The number of fused-ring (bicyclic) bond motifs is 1. The Morgan fingerprint density at radius 1 is 1.41 bits per heavy atom. The third-order valence-corrected chi connectivity index (χ3v) is 2.48. The molecule has 88 valence electrons. The van der Waals surface area contributed by atoms with E-state index in [1.54, 1.807) is 19.2 Å². The number of primary amides is 1. The van der Waals surface area contributed by atoms with Crippen LogP contribution >= 0.6 is 0 Å². The van der Waals surface area contributed by atoms with Crippen LogP contribution in [-0.4, -0.2) is 13.0 Å². The molecule has 0 saturated carbocycles. The van der Waals surface area contributed by atoms with Crippen LogP contribution in [0.2, 0.25) is 0 Å². The van der Waals surface area contributed by atoms with Crippen LogP contribution in [0.1, 0.15) is 5.56 Å². The van der Waals surface area contributed by atoms with Gasteiger partial charge in [0.25, 0.3) is 0 Å². The highest BCUT2D eigenvalue weighted by molar-refractivity contribution is 5.88. The summed E-state index contributed by atoms with van der Waals surface area (Å²) in [5, 5.41) is 3.67. The predicted octanol–water partition coefficient (Wildman–Crippen LogP) is 0.863. The van der Waals surface area contributed by atoms with Gasteiger partial charge in [0.1, 0.15) is 5.58 Å². The second-order valence-corrected chi connectivity index (χ2v) is 3.69. The number of rotatable bonds is 3. The second-order valence-electron chi connectivity index (χ2n) is 3.69. The minimum atomic E-state index is -0.484. The first kappa shape index (κ1) is 11.2. The van der Waals surface area contributed by atoms with Gasteiger partial charge in [-0.15, -0.1) is 0 Å². The number of carbonyl (C=O) groups excluding carboxylic acids is 1. The van der Waals surface area contributed by atoms with Gasteiger partial charge in [0.2, 0.25) is 5.91 Å². The molecule has 2 rings (SSSR count). The highest BCUT2D eigenvalue weighted by Gasteiger charge is 2.08. The monoisotopic (exact) mass is 232 g/mol. The van der Waals surface area contributed by atoms with Gasteiger partial charge in [-0.1, -0.05) is 0 Å². The predicted molar refractivity (Wildman–Crippen MR) is 64.9 cm³/mol. The van der Waals surface area contributed by atoms with Crippen LogP contribution in [0.5, 0.6) is 0 Å². The summed E-state index contributed by atoms with van der Waals surface area (Å²) >= 11 is 0. The summed E-state index contributed by atoms with van der Waals surface area (Å²) in [4.78, 5) is 22.3. The molecule has 0 spiro atoms. The molecule has 0 atom stereocenters. The van der Waals surface area contributed by atoms with Crippen molar-refractivity contribution in [3.63, 3.8) is 0 Å². The lowest BCUT2D eigenvalue weighted by atomic mass is 10.1. The zero-order valence-electron chi connectivity index (χ0n) is 9.32. The van der Waals surface area contributed by atoms with Crippen LogP contribution in [0.15, 0.2) is 33.5 Å². The Morgan fingerprint density at radius 2 is 2.18 bits per heavy atom. The SMILES string of the molecule is CNc1ccc2c(CC(N)=O)cc(=O)oc2c1. The molecule has 0 aliphatic rings. The molecule has 0 aliphatic carbocycles. The van der Waals surface area contributed by atoms with Crippen molar-refractivity contribution in [1.29, 1.82) is 0 Å². The van der Waals surface area contributed by atoms with Crippen molar-refractivity contribution >= 4 is 22.6 Å². The van der Waals surface area contributed by atoms with Crippen LogP contribution < -0.4 is 16.7 Å². The van der Waals surface area contributed by atoms with Gasteiger partial charge in [-0.25, -0.2) is 4.79 Å². The zero-order chi connectivity index (χ0) is 12.4. The summed E-state index contributed by atoms with van der Waals surface area (Å²) in [6.45, 7) is 0. The Balaban J connectivity index is 2.67. The Labute approximate surface area is 97.2 Å². The number of benzene rings is 1. The number of anilines is 1. The van der Waals surface area contributed by atoms with Crippen LogP contribution in [0.25, 0.3) is 11.0 Å². The van der Waals surface area contributed by atoms with Crippen molar-refractivity contribution < 1.29 is 9.21 Å².